The first kappa shape index (κ1) is 19.0. The maximum atomic E-state index is 4.34. The van der Waals surface area contributed by atoms with E-state index in [4.69, 9.17) is 0 Å². The van der Waals surface area contributed by atoms with Crippen molar-refractivity contribution in [2.45, 2.75) is 19.3 Å². The van der Waals surface area contributed by atoms with E-state index < -0.39 is 5.41 Å². The lowest BCUT2D eigenvalue weighted by atomic mass is 9.67. The van der Waals surface area contributed by atoms with Crippen molar-refractivity contribution < 1.29 is 0 Å². The first-order valence-corrected chi connectivity index (χ1v) is 10.1. The van der Waals surface area contributed by atoms with Crippen LogP contribution in [0, 0.1) is 13.8 Å². The molecule has 0 saturated carbocycles. The first-order valence-electron chi connectivity index (χ1n) is 10.1. The van der Waals surface area contributed by atoms with Gasteiger partial charge in [-0.2, -0.15) is 0 Å². The highest BCUT2D eigenvalue weighted by Gasteiger charge is 2.35. The van der Waals surface area contributed by atoms with Crippen molar-refractivity contribution in [2.24, 2.45) is 0 Å². The summed E-state index contributed by atoms with van der Waals surface area (Å²) >= 11 is 0. The van der Waals surface area contributed by atoms with E-state index in [0.717, 1.165) is 0 Å². The van der Waals surface area contributed by atoms with Crippen LogP contribution in [0.4, 0.5) is 0 Å². The molecule has 0 aliphatic carbocycles. The van der Waals surface area contributed by atoms with E-state index in [0.29, 0.717) is 0 Å². The van der Waals surface area contributed by atoms with Crippen molar-refractivity contribution in [1.29, 1.82) is 0 Å². The summed E-state index contributed by atoms with van der Waals surface area (Å²) in [5.74, 6) is 0. The molecular weight excluding hydrogens is 348 g/mol. The van der Waals surface area contributed by atoms with Crippen LogP contribution in [0.15, 0.2) is 116 Å². The van der Waals surface area contributed by atoms with Crippen molar-refractivity contribution in [1.82, 2.24) is 0 Å². The first-order chi connectivity index (χ1) is 14.1. The molecule has 0 N–H and O–H groups in total. The van der Waals surface area contributed by atoms with Crippen molar-refractivity contribution in [3.8, 4) is 11.1 Å². The zero-order valence-electron chi connectivity index (χ0n) is 17.1. The van der Waals surface area contributed by atoms with E-state index in [1.807, 2.05) is 0 Å². The number of aryl methyl sites for hydroxylation is 2. The molecule has 0 heteroatoms. The fourth-order valence-corrected chi connectivity index (χ4v) is 4.15. The second-order valence-corrected chi connectivity index (χ2v) is 7.66. The molecule has 0 unspecified atom stereocenters. The summed E-state index contributed by atoms with van der Waals surface area (Å²) in [5.41, 5.74) is 8.22. The molecular formula is C29H26. The van der Waals surface area contributed by atoms with Crippen molar-refractivity contribution in [3.63, 3.8) is 0 Å². The Labute approximate surface area is 174 Å². The van der Waals surface area contributed by atoms with Crippen LogP contribution >= 0.6 is 0 Å². The summed E-state index contributed by atoms with van der Waals surface area (Å²) in [5, 5.41) is 0. The molecule has 0 heterocycles. The molecule has 0 aliphatic rings. The van der Waals surface area contributed by atoms with Gasteiger partial charge < -0.3 is 0 Å². The molecule has 0 amide bonds. The number of hydrogen-bond donors (Lipinski definition) is 0. The average Bonchev–Trinajstić information content (AvgIpc) is 2.78. The third-order valence-corrected chi connectivity index (χ3v) is 5.76. The highest BCUT2D eigenvalue weighted by atomic mass is 14.4. The van der Waals surface area contributed by atoms with Crippen molar-refractivity contribution in [3.05, 3.63) is 144 Å². The molecule has 0 bridgehead atoms. The number of benzene rings is 4. The number of hydrogen-bond acceptors (Lipinski definition) is 0. The van der Waals surface area contributed by atoms with Gasteiger partial charge in [0.2, 0.25) is 0 Å². The van der Waals surface area contributed by atoms with Gasteiger partial charge in [-0.15, -0.1) is 6.58 Å². The predicted octanol–water partition coefficient (Wildman–Crippen LogP) is 7.49. The van der Waals surface area contributed by atoms with Crippen LogP contribution in [0.1, 0.15) is 27.8 Å². The molecule has 29 heavy (non-hydrogen) atoms. The molecule has 4 aromatic carbocycles. The van der Waals surface area contributed by atoms with Gasteiger partial charge in [0.05, 0.1) is 5.41 Å². The monoisotopic (exact) mass is 374 g/mol. The molecule has 0 aromatic heterocycles. The van der Waals surface area contributed by atoms with E-state index in [2.05, 4.69) is 130 Å². The normalized spacial score (nSPS) is 11.2. The van der Waals surface area contributed by atoms with Gasteiger partial charge in [0.1, 0.15) is 0 Å². The minimum absolute atomic E-state index is 0.437. The Morgan fingerprint density at radius 3 is 1.59 bits per heavy atom. The van der Waals surface area contributed by atoms with Gasteiger partial charge in [0.15, 0.2) is 0 Å². The second kappa shape index (κ2) is 7.93. The van der Waals surface area contributed by atoms with Gasteiger partial charge in [0.25, 0.3) is 0 Å². The quantitative estimate of drug-likeness (QED) is 0.251. The molecule has 142 valence electrons. The summed E-state index contributed by atoms with van der Waals surface area (Å²) < 4.78 is 0. The largest absolute Gasteiger partial charge is 0.102 e. The van der Waals surface area contributed by atoms with Gasteiger partial charge in [-0.25, -0.2) is 0 Å². The molecule has 4 aromatic rings. The van der Waals surface area contributed by atoms with Crippen LogP contribution in [-0.2, 0) is 5.41 Å². The third-order valence-electron chi connectivity index (χ3n) is 5.76. The SMILES string of the molecule is C=CC(c1ccc(C)cc1)(c1ccc(C)cc1)c1ccccc1-c1ccccc1. The second-order valence-electron chi connectivity index (χ2n) is 7.66. The average molecular weight is 375 g/mol. The van der Waals surface area contributed by atoms with E-state index in [1.54, 1.807) is 0 Å². The topological polar surface area (TPSA) is 0 Å². The van der Waals surface area contributed by atoms with Gasteiger partial charge in [0, 0.05) is 0 Å². The lowest BCUT2D eigenvalue weighted by Gasteiger charge is -2.35. The van der Waals surface area contributed by atoms with Crippen LogP contribution in [0.25, 0.3) is 11.1 Å². The summed E-state index contributed by atoms with van der Waals surface area (Å²) in [6.45, 7) is 8.60. The van der Waals surface area contributed by atoms with E-state index in [9.17, 15) is 0 Å². The van der Waals surface area contributed by atoms with Crippen LogP contribution in [0.3, 0.4) is 0 Å². The van der Waals surface area contributed by atoms with Crippen LogP contribution < -0.4 is 0 Å². The van der Waals surface area contributed by atoms with Crippen molar-refractivity contribution >= 4 is 0 Å². The fraction of sp³-hybridized carbons (Fsp3) is 0.103. The molecule has 0 fully saturated rings. The zero-order chi connectivity index (χ0) is 20.3. The highest BCUT2D eigenvalue weighted by Crippen LogP contribution is 2.44. The Hall–Kier alpha value is -3.38. The summed E-state index contributed by atoms with van der Waals surface area (Å²) in [6.07, 6.45) is 2.10. The molecule has 0 atom stereocenters. The Kier molecular flexibility index (Phi) is 5.18. The molecule has 0 radical (unpaired) electrons. The minimum atomic E-state index is -0.437. The van der Waals surface area contributed by atoms with Crippen LogP contribution in [-0.4, -0.2) is 0 Å². The predicted molar refractivity (Wildman–Crippen MR) is 124 cm³/mol. The molecule has 0 spiro atoms. The van der Waals surface area contributed by atoms with Crippen molar-refractivity contribution in [2.75, 3.05) is 0 Å². The van der Waals surface area contributed by atoms with Gasteiger partial charge in [-0.1, -0.05) is 120 Å². The fourth-order valence-electron chi connectivity index (χ4n) is 4.15. The maximum Gasteiger partial charge on any atom is 0.0635 e. The molecule has 0 aliphatic heterocycles. The maximum absolute atomic E-state index is 4.34. The zero-order valence-corrected chi connectivity index (χ0v) is 17.1. The Morgan fingerprint density at radius 2 is 1.07 bits per heavy atom. The van der Waals surface area contributed by atoms with E-state index >= 15 is 0 Å². The van der Waals surface area contributed by atoms with Gasteiger partial charge in [-0.05, 0) is 41.7 Å². The standard InChI is InChI=1S/C29H26/c1-4-29(25-18-14-22(2)15-19-25,26-20-16-23(3)17-21-26)28-13-9-8-12-27(28)24-10-6-5-7-11-24/h4-21H,1H2,2-3H3. The molecule has 4 rings (SSSR count). The smallest absolute Gasteiger partial charge is 0.0635 e. The minimum Gasteiger partial charge on any atom is -0.102 e. The summed E-state index contributed by atoms with van der Waals surface area (Å²) in [6, 6.07) is 37.0. The van der Waals surface area contributed by atoms with Gasteiger partial charge >= 0.3 is 0 Å². The van der Waals surface area contributed by atoms with E-state index in [-0.39, 0.29) is 0 Å². The summed E-state index contributed by atoms with van der Waals surface area (Å²) in [4.78, 5) is 0. The van der Waals surface area contributed by atoms with Gasteiger partial charge in [-0.3, -0.25) is 0 Å². The molecule has 0 nitrogen and oxygen atoms in total. The van der Waals surface area contributed by atoms with Crippen LogP contribution in [0.2, 0.25) is 0 Å². The van der Waals surface area contributed by atoms with E-state index in [1.165, 1.54) is 38.9 Å². The molecule has 0 saturated heterocycles. The highest BCUT2D eigenvalue weighted by molar-refractivity contribution is 5.73. The Morgan fingerprint density at radius 1 is 0.586 bits per heavy atom. The number of allylic oxidation sites excluding steroid dienone is 1. The summed E-state index contributed by atoms with van der Waals surface area (Å²) in [7, 11) is 0. The lowest BCUT2D eigenvalue weighted by molar-refractivity contribution is 0.782. The Bertz CT molecular complexity index is 1060. The van der Waals surface area contributed by atoms with Crippen LogP contribution in [0.5, 0.6) is 0 Å². The lowest BCUT2D eigenvalue weighted by Crippen LogP contribution is -2.27. The third kappa shape index (κ3) is 3.43. The Balaban J connectivity index is 2.06. The number of rotatable bonds is 5.